The first kappa shape index (κ1) is 19.6. The molecule has 2 amide bonds. The topological polar surface area (TPSA) is 53.5 Å². The molecule has 0 N–H and O–H groups in total. The van der Waals surface area contributed by atoms with Crippen LogP contribution >= 0.6 is 11.8 Å². The summed E-state index contributed by atoms with van der Waals surface area (Å²) in [6.07, 6.45) is 8.45. The van der Waals surface area contributed by atoms with E-state index in [1.54, 1.807) is 18.0 Å². The predicted molar refractivity (Wildman–Crippen MR) is 117 cm³/mol. The number of fused-ring (bicyclic) bond motifs is 1. The summed E-state index contributed by atoms with van der Waals surface area (Å²) < 4.78 is 0. The Labute approximate surface area is 181 Å². The zero-order valence-corrected chi connectivity index (χ0v) is 17.9. The second-order valence-electron chi connectivity index (χ2n) is 8.61. The van der Waals surface area contributed by atoms with Gasteiger partial charge in [0, 0.05) is 60.2 Å². The van der Waals surface area contributed by atoms with Gasteiger partial charge < -0.3 is 9.80 Å². The van der Waals surface area contributed by atoms with Crippen LogP contribution in [0.2, 0.25) is 0 Å². The molecule has 2 aromatic rings. The number of carbonyl (C=O) groups is 2. The molecule has 1 saturated carbocycles. The van der Waals surface area contributed by atoms with Crippen molar-refractivity contribution in [2.75, 3.05) is 13.1 Å². The second kappa shape index (κ2) is 8.42. The standard InChI is InChI=1S/C24H27N3O2S/c28-23-10-5-19-15-26(13-11-22(19)27(23)20-6-7-20)24(29)18-3-8-21(9-4-18)30-16-17-2-1-12-25-14-17/h1-4,8-9,12,14,19-20,22H,5-7,10-11,13,15-16H2/t19-,22+/m0/s1. The minimum atomic E-state index is 0.118. The predicted octanol–water partition coefficient (Wildman–Crippen LogP) is 3.99. The number of nitrogens with zero attached hydrogens (tertiary/aromatic N) is 3. The zero-order valence-electron chi connectivity index (χ0n) is 17.1. The molecule has 3 fully saturated rings. The quantitative estimate of drug-likeness (QED) is 0.685. The van der Waals surface area contributed by atoms with Crippen LogP contribution in [0.3, 0.4) is 0 Å². The number of amides is 2. The molecule has 5 nitrogen and oxygen atoms in total. The maximum atomic E-state index is 13.1. The average molecular weight is 422 g/mol. The van der Waals surface area contributed by atoms with Crippen LogP contribution in [0.5, 0.6) is 0 Å². The summed E-state index contributed by atoms with van der Waals surface area (Å²) in [6.45, 7) is 1.52. The molecule has 2 saturated heterocycles. The lowest BCUT2D eigenvalue weighted by Gasteiger charge is -2.47. The number of hydrogen-bond acceptors (Lipinski definition) is 4. The van der Waals surface area contributed by atoms with E-state index in [2.05, 4.69) is 16.0 Å². The fourth-order valence-corrected chi connectivity index (χ4v) is 5.66. The highest BCUT2D eigenvalue weighted by molar-refractivity contribution is 7.98. The van der Waals surface area contributed by atoms with Crippen LogP contribution in [0.25, 0.3) is 0 Å². The fourth-order valence-electron chi connectivity index (χ4n) is 4.83. The number of pyridine rings is 1. The number of carbonyl (C=O) groups excluding carboxylic acids is 2. The van der Waals surface area contributed by atoms with Crippen molar-refractivity contribution in [2.24, 2.45) is 5.92 Å². The maximum Gasteiger partial charge on any atom is 0.253 e. The van der Waals surface area contributed by atoms with Gasteiger partial charge in [0.25, 0.3) is 5.91 Å². The fraction of sp³-hybridized carbons (Fsp3) is 0.458. The van der Waals surface area contributed by atoms with E-state index >= 15 is 0 Å². The van der Waals surface area contributed by atoms with E-state index in [9.17, 15) is 9.59 Å². The number of hydrogen-bond donors (Lipinski definition) is 0. The van der Waals surface area contributed by atoms with Gasteiger partial charge in [-0.2, -0.15) is 0 Å². The normalized spacial score (nSPS) is 23.9. The molecule has 1 aliphatic carbocycles. The minimum Gasteiger partial charge on any atom is -0.338 e. The van der Waals surface area contributed by atoms with Crippen molar-refractivity contribution < 1.29 is 9.59 Å². The Kier molecular flexibility index (Phi) is 5.50. The Morgan fingerprint density at radius 3 is 2.67 bits per heavy atom. The van der Waals surface area contributed by atoms with Gasteiger partial charge in [-0.3, -0.25) is 14.6 Å². The molecule has 3 aliphatic rings. The van der Waals surface area contributed by atoms with Crippen molar-refractivity contribution in [1.82, 2.24) is 14.8 Å². The monoisotopic (exact) mass is 421 g/mol. The first-order valence-corrected chi connectivity index (χ1v) is 11.9. The molecule has 156 valence electrons. The molecule has 6 heteroatoms. The third-order valence-electron chi connectivity index (χ3n) is 6.53. The Morgan fingerprint density at radius 2 is 1.93 bits per heavy atom. The van der Waals surface area contributed by atoms with Crippen molar-refractivity contribution in [1.29, 1.82) is 0 Å². The molecule has 3 heterocycles. The number of aromatic nitrogens is 1. The smallest absolute Gasteiger partial charge is 0.253 e. The minimum absolute atomic E-state index is 0.118. The lowest BCUT2D eigenvalue weighted by atomic mass is 9.83. The Bertz CT molecular complexity index is 914. The lowest BCUT2D eigenvalue weighted by Crippen LogP contribution is -2.57. The maximum absolute atomic E-state index is 13.1. The Morgan fingerprint density at radius 1 is 1.10 bits per heavy atom. The Hall–Kier alpha value is -2.34. The molecule has 2 atom stereocenters. The van der Waals surface area contributed by atoms with Gasteiger partial charge in [0.1, 0.15) is 0 Å². The van der Waals surface area contributed by atoms with Gasteiger partial charge in [0.15, 0.2) is 0 Å². The molecule has 0 radical (unpaired) electrons. The first-order chi connectivity index (χ1) is 14.7. The molecule has 1 aromatic heterocycles. The summed E-state index contributed by atoms with van der Waals surface area (Å²) in [5.74, 6) is 1.74. The van der Waals surface area contributed by atoms with E-state index in [1.807, 2.05) is 41.4 Å². The van der Waals surface area contributed by atoms with Crippen LogP contribution in [0.4, 0.5) is 0 Å². The average Bonchev–Trinajstić information content (AvgIpc) is 3.63. The Balaban J connectivity index is 1.19. The van der Waals surface area contributed by atoms with E-state index in [0.29, 0.717) is 30.3 Å². The first-order valence-electron chi connectivity index (χ1n) is 10.9. The van der Waals surface area contributed by atoms with E-state index in [0.717, 1.165) is 55.0 Å². The summed E-state index contributed by atoms with van der Waals surface area (Å²) in [5.41, 5.74) is 1.95. The SMILES string of the molecule is O=C(c1ccc(SCc2cccnc2)cc1)N1CC[C@@H]2[C@@H](CCC(=O)N2C2CC2)C1. The third kappa shape index (κ3) is 4.10. The van der Waals surface area contributed by atoms with E-state index in [4.69, 9.17) is 0 Å². The molecule has 0 unspecified atom stereocenters. The van der Waals surface area contributed by atoms with Gasteiger partial charge in [-0.15, -0.1) is 11.8 Å². The summed E-state index contributed by atoms with van der Waals surface area (Å²) >= 11 is 1.75. The molecule has 0 bridgehead atoms. The molecule has 5 rings (SSSR count). The molecular weight excluding hydrogens is 394 g/mol. The van der Waals surface area contributed by atoms with Crippen molar-refractivity contribution in [2.45, 2.75) is 54.8 Å². The number of rotatable bonds is 5. The summed E-state index contributed by atoms with van der Waals surface area (Å²) in [5, 5.41) is 0. The summed E-state index contributed by atoms with van der Waals surface area (Å²) in [7, 11) is 0. The van der Waals surface area contributed by atoms with Crippen LogP contribution in [0.1, 0.15) is 48.0 Å². The number of piperidine rings is 2. The van der Waals surface area contributed by atoms with Gasteiger partial charge in [-0.25, -0.2) is 0 Å². The molecular formula is C24H27N3O2S. The van der Waals surface area contributed by atoms with Crippen molar-refractivity contribution in [3.63, 3.8) is 0 Å². The van der Waals surface area contributed by atoms with Crippen LogP contribution in [0, 0.1) is 5.92 Å². The molecule has 0 spiro atoms. The van der Waals surface area contributed by atoms with Crippen LogP contribution in [-0.4, -0.2) is 51.8 Å². The van der Waals surface area contributed by atoms with E-state index in [1.165, 1.54) is 5.56 Å². The lowest BCUT2D eigenvalue weighted by molar-refractivity contribution is -0.141. The highest BCUT2D eigenvalue weighted by atomic mass is 32.2. The van der Waals surface area contributed by atoms with Gasteiger partial charge in [-0.1, -0.05) is 6.07 Å². The second-order valence-corrected chi connectivity index (χ2v) is 9.66. The molecule has 30 heavy (non-hydrogen) atoms. The van der Waals surface area contributed by atoms with Crippen LogP contribution < -0.4 is 0 Å². The van der Waals surface area contributed by atoms with Gasteiger partial charge in [-0.05, 0) is 67.5 Å². The summed E-state index contributed by atoms with van der Waals surface area (Å²) in [4.78, 5) is 34.9. The van der Waals surface area contributed by atoms with Gasteiger partial charge >= 0.3 is 0 Å². The number of benzene rings is 1. The van der Waals surface area contributed by atoms with Crippen LogP contribution in [-0.2, 0) is 10.5 Å². The largest absolute Gasteiger partial charge is 0.338 e. The van der Waals surface area contributed by atoms with Gasteiger partial charge in [0.2, 0.25) is 5.91 Å². The van der Waals surface area contributed by atoms with Crippen molar-refractivity contribution in [3.05, 3.63) is 59.9 Å². The van der Waals surface area contributed by atoms with E-state index in [-0.39, 0.29) is 5.91 Å². The van der Waals surface area contributed by atoms with Crippen molar-refractivity contribution in [3.8, 4) is 0 Å². The third-order valence-corrected chi connectivity index (χ3v) is 7.61. The number of likely N-dealkylation sites (tertiary alicyclic amines) is 2. The van der Waals surface area contributed by atoms with Gasteiger partial charge in [0.05, 0.1) is 0 Å². The van der Waals surface area contributed by atoms with Crippen LogP contribution in [0.15, 0.2) is 53.7 Å². The number of thioether (sulfide) groups is 1. The van der Waals surface area contributed by atoms with E-state index < -0.39 is 0 Å². The zero-order chi connectivity index (χ0) is 20.5. The van der Waals surface area contributed by atoms with Crippen molar-refractivity contribution >= 4 is 23.6 Å². The highest BCUT2D eigenvalue weighted by Gasteiger charge is 2.45. The summed E-state index contributed by atoms with van der Waals surface area (Å²) in [6, 6.07) is 12.8. The highest BCUT2D eigenvalue weighted by Crippen LogP contribution is 2.39. The molecule has 1 aromatic carbocycles. The molecule has 2 aliphatic heterocycles.